The number of rotatable bonds is 10. The number of nitrogens with zero attached hydrogens (tertiary/aromatic N) is 1. The average Bonchev–Trinajstić information content (AvgIpc) is 3.61. The molecule has 7 nitrogen and oxygen atoms in total. The summed E-state index contributed by atoms with van der Waals surface area (Å²) in [5.74, 6) is -0.0469. The Hall–Kier alpha value is -2.65. The summed E-state index contributed by atoms with van der Waals surface area (Å²) < 4.78 is 54.9. The molecular formula is C27H35FN2O5S. The van der Waals surface area contributed by atoms with E-state index in [1.54, 1.807) is 6.07 Å². The van der Waals surface area contributed by atoms with E-state index in [0.29, 0.717) is 36.2 Å². The number of sulfonamides is 1. The third-order valence-electron chi connectivity index (χ3n) is 7.11. The second-order valence-electron chi connectivity index (χ2n) is 10.5. The zero-order valence-corrected chi connectivity index (χ0v) is 22.4. The first-order valence-corrected chi connectivity index (χ1v) is 13.9. The molecule has 0 saturated heterocycles. The highest BCUT2D eigenvalue weighted by atomic mass is 32.2. The molecule has 9 heteroatoms. The largest absolute Gasteiger partial charge is 0.492 e. The normalized spacial score (nSPS) is 18.8. The van der Waals surface area contributed by atoms with Crippen LogP contribution in [-0.2, 0) is 21.2 Å². The summed E-state index contributed by atoms with van der Waals surface area (Å²) in [6.45, 7) is 11.2. The van der Waals surface area contributed by atoms with Gasteiger partial charge in [-0.15, -0.1) is 0 Å². The molecule has 0 spiro atoms. The van der Waals surface area contributed by atoms with E-state index >= 15 is 0 Å². The van der Waals surface area contributed by atoms with Gasteiger partial charge in [-0.25, -0.2) is 17.6 Å². The molecule has 36 heavy (non-hydrogen) atoms. The van der Waals surface area contributed by atoms with Crippen molar-refractivity contribution in [2.24, 2.45) is 11.3 Å². The highest BCUT2D eigenvalue weighted by Gasteiger charge is 2.45. The molecular weight excluding hydrogens is 483 g/mol. The Balaban J connectivity index is 1.69. The van der Waals surface area contributed by atoms with Crippen molar-refractivity contribution in [1.82, 2.24) is 4.90 Å². The van der Waals surface area contributed by atoms with Gasteiger partial charge in [-0.05, 0) is 72.7 Å². The van der Waals surface area contributed by atoms with E-state index in [1.807, 2.05) is 19.9 Å². The lowest BCUT2D eigenvalue weighted by Gasteiger charge is -2.32. The standard InChI is InChI=1S/C27H35FN2O5S/c1-6-30(7-2)16-27(3,4)14-17-12-19(28)8-11-23(17)36(32,33)29-22-10-9-20-21-13-18(21)15-35-25(20)24(22)26(31)34-5/h8-12,18,21,29H,6-7,13-16H2,1-5H3/t18-,21-/m0/s1. The Kier molecular flexibility index (Phi) is 7.35. The van der Waals surface area contributed by atoms with Crippen molar-refractivity contribution in [3.63, 3.8) is 0 Å². The van der Waals surface area contributed by atoms with Gasteiger partial charge in [-0.2, -0.15) is 0 Å². The van der Waals surface area contributed by atoms with Crippen LogP contribution in [-0.4, -0.2) is 52.6 Å². The fourth-order valence-corrected chi connectivity index (χ4v) is 6.50. The van der Waals surface area contributed by atoms with Crippen molar-refractivity contribution < 1.29 is 27.1 Å². The third-order valence-corrected chi connectivity index (χ3v) is 8.58. The maximum absolute atomic E-state index is 14.3. The number of anilines is 1. The summed E-state index contributed by atoms with van der Waals surface area (Å²) in [6.07, 6.45) is 1.35. The molecule has 1 fully saturated rings. The lowest BCUT2D eigenvalue weighted by atomic mass is 9.85. The maximum atomic E-state index is 14.3. The second-order valence-corrected chi connectivity index (χ2v) is 12.1. The summed E-state index contributed by atoms with van der Waals surface area (Å²) in [5, 5.41) is 0. The Bertz CT molecular complexity index is 1260. The van der Waals surface area contributed by atoms with Gasteiger partial charge in [0.2, 0.25) is 0 Å². The van der Waals surface area contributed by atoms with E-state index in [1.165, 1.54) is 19.2 Å². The van der Waals surface area contributed by atoms with Crippen LogP contribution in [0.15, 0.2) is 35.2 Å². The molecule has 1 N–H and O–H groups in total. The fraction of sp³-hybridized carbons (Fsp3) is 0.519. The van der Waals surface area contributed by atoms with Gasteiger partial charge in [0, 0.05) is 12.5 Å². The van der Waals surface area contributed by atoms with Crippen LogP contribution in [0.5, 0.6) is 5.75 Å². The van der Waals surface area contributed by atoms with Crippen LogP contribution >= 0.6 is 0 Å². The van der Waals surface area contributed by atoms with Gasteiger partial charge < -0.3 is 14.4 Å². The predicted octanol–water partition coefficient (Wildman–Crippen LogP) is 4.82. The van der Waals surface area contributed by atoms with Crippen molar-refractivity contribution >= 4 is 21.7 Å². The van der Waals surface area contributed by atoms with E-state index in [-0.39, 0.29) is 21.6 Å². The van der Waals surface area contributed by atoms with Crippen molar-refractivity contribution in [1.29, 1.82) is 0 Å². The summed E-state index contributed by atoms with van der Waals surface area (Å²) in [6, 6.07) is 7.09. The van der Waals surface area contributed by atoms with Crippen molar-refractivity contribution in [2.45, 2.75) is 51.3 Å². The molecule has 1 saturated carbocycles. The Labute approximate surface area is 213 Å². The van der Waals surface area contributed by atoms with Crippen LogP contribution < -0.4 is 9.46 Å². The van der Waals surface area contributed by atoms with Gasteiger partial charge in [0.1, 0.15) is 17.1 Å². The Morgan fingerprint density at radius 1 is 1.22 bits per heavy atom. The first kappa shape index (κ1) is 26.4. The molecule has 4 rings (SSSR count). The number of fused-ring (bicyclic) bond motifs is 3. The topological polar surface area (TPSA) is 84.9 Å². The van der Waals surface area contributed by atoms with Gasteiger partial charge in [-0.1, -0.05) is 33.8 Å². The van der Waals surface area contributed by atoms with Gasteiger partial charge >= 0.3 is 5.97 Å². The van der Waals surface area contributed by atoms with Gasteiger partial charge in [-0.3, -0.25) is 4.72 Å². The molecule has 0 radical (unpaired) electrons. The molecule has 0 amide bonds. The number of halogens is 1. The predicted molar refractivity (Wildman–Crippen MR) is 137 cm³/mol. The molecule has 0 aromatic heterocycles. The molecule has 2 aromatic rings. The number of esters is 1. The lowest BCUT2D eigenvalue weighted by molar-refractivity contribution is 0.0596. The minimum absolute atomic E-state index is 0.0202. The lowest BCUT2D eigenvalue weighted by Crippen LogP contribution is -2.35. The number of hydrogen-bond acceptors (Lipinski definition) is 6. The number of nitrogens with one attached hydrogen (secondary N) is 1. The quantitative estimate of drug-likeness (QED) is 0.454. The van der Waals surface area contributed by atoms with E-state index in [2.05, 4.69) is 23.5 Å². The Morgan fingerprint density at radius 2 is 1.94 bits per heavy atom. The molecule has 1 aliphatic carbocycles. The molecule has 2 aromatic carbocycles. The minimum atomic E-state index is -4.16. The number of carbonyl (C=O) groups is 1. The molecule has 1 heterocycles. The fourth-order valence-electron chi connectivity index (χ4n) is 5.21. The zero-order valence-electron chi connectivity index (χ0n) is 21.6. The van der Waals surface area contributed by atoms with E-state index < -0.39 is 21.8 Å². The Morgan fingerprint density at radius 3 is 2.61 bits per heavy atom. The highest BCUT2D eigenvalue weighted by molar-refractivity contribution is 7.92. The average molecular weight is 519 g/mol. The van der Waals surface area contributed by atoms with E-state index in [9.17, 15) is 17.6 Å². The van der Waals surface area contributed by atoms with Crippen LogP contribution in [0.3, 0.4) is 0 Å². The van der Waals surface area contributed by atoms with E-state index in [0.717, 1.165) is 37.7 Å². The molecule has 2 aliphatic rings. The SMILES string of the molecule is CCN(CC)CC(C)(C)Cc1cc(F)ccc1S(=O)(=O)Nc1ccc2c(c1C(=O)OC)OC[C@@H]1C[C@H]21. The van der Waals surface area contributed by atoms with Gasteiger partial charge in [0.25, 0.3) is 10.0 Å². The third kappa shape index (κ3) is 5.37. The van der Waals surface area contributed by atoms with Crippen LogP contribution in [0.4, 0.5) is 10.1 Å². The van der Waals surface area contributed by atoms with Crippen molar-refractivity contribution in [2.75, 3.05) is 38.1 Å². The molecule has 0 unspecified atom stereocenters. The first-order chi connectivity index (χ1) is 17.0. The van der Waals surface area contributed by atoms with Crippen LogP contribution in [0.1, 0.15) is 61.5 Å². The smallest absolute Gasteiger partial charge is 0.343 e. The summed E-state index contributed by atoms with van der Waals surface area (Å²) in [4.78, 5) is 15.0. The first-order valence-electron chi connectivity index (χ1n) is 12.4. The van der Waals surface area contributed by atoms with Gasteiger partial charge in [0.15, 0.2) is 0 Å². The number of methoxy groups -OCH3 is 1. The van der Waals surface area contributed by atoms with Crippen molar-refractivity contribution in [3.05, 3.63) is 52.8 Å². The summed E-state index contributed by atoms with van der Waals surface area (Å²) >= 11 is 0. The number of carbonyl (C=O) groups excluding carboxylic acids is 1. The zero-order chi connectivity index (χ0) is 26.3. The maximum Gasteiger partial charge on any atom is 0.343 e. The van der Waals surface area contributed by atoms with Crippen molar-refractivity contribution in [3.8, 4) is 5.75 Å². The molecule has 1 aliphatic heterocycles. The number of hydrogen-bond donors (Lipinski definition) is 1. The number of benzene rings is 2. The minimum Gasteiger partial charge on any atom is -0.492 e. The second kappa shape index (κ2) is 10.0. The molecule has 196 valence electrons. The number of ether oxygens (including phenoxy) is 2. The highest BCUT2D eigenvalue weighted by Crippen LogP contribution is 2.55. The van der Waals surface area contributed by atoms with Crippen LogP contribution in [0.2, 0.25) is 0 Å². The molecule has 2 atom stereocenters. The van der Waals surface area contributed by atoms with Crippen LogP contribution in [0.25, 0.3) is 0 Å². The summed E-state index contributed by atoms with van der Waals surface area (Å²) in [5.41, 5.74) is 1.12. The monoisotopic (exact) mass is 518 g/mol. The van der Waals surface area contributed by atoms with E-state index in [4.69, 9.17) is 9.47 Å². The van der Waals surface area contributed by atoms with Crippen LogP contribution in [0, 0.1) is 17.2 Å². The summed E-state index contributed by atoms with van der Waals surface area (Å²) in [7, 11) is -2.91. The van der Waals surface area contributed by atoms with Gasteiger partial charge in [0.05, 0.1) is 24.3 Å². The molecule has 0 bridgehead atoms.